The van der Waals surface area contributed by atoms with Gasteiger partial charge in [0.05, 0.1) is 11.6 Å². The van der Waals surface area contributed by atoms with Crippen molar-refractivity contribution in [2.45, 2.75) is 12.8 Å². The third-order valence-corrected chi connectivity index (χ3v) is 3.22. The van der Waals surface area contributed by atoms with Gasteiger partial charge in [0.2, 0.25) is 0 Å². The number of nitriles is 2. The van der Waals surface area contributed by atoms with Crippen molar-refractivity contribution in [3.8, 4) is 29.4 Å². The van der Waals surface area contributed by atoms with E-state index < -0.39 is 11.5 Å². The third kappa shape index (κ3) is 4.33. The minimum atomic E-state index is -3.30. The Hall–Kier alpha value is -3.38. The number of halogens is 2. The highest BCUT2D eigenvalue weighted by atomic mass is 19.3. The number of rotatable bonds is 6. The molecule has 0 N–H and O–H groups in total. The second-order valence-electron chi connectivity index (χ2n) is 4.94. The van der Waals surface area contributed by atoms with Gasteiger partial charge in [-0.3, -0.25) is 0 Å². The first-order chi connectivity index (χ1) is 12.0. The molecule has 2 aromatic carbocycles. The van der Waals surface area contributed by atoms with Gasteiger partial charge in [-0.2, -0.15) is 19.3 Å². The van der Waals surface area contributed by atoms with Crippen molar-refractivity contribution >= 4 is 0 Å². The minimum Gasteiger partial charge on any atom is -0.475 e. The number of para-hydroxylation sites is 2. The number of nitrogens with zero attached hydrogens (tertiary/aromatic N) is 2. The van der Waals surface area contributed by atoms with Crippen molar-refractivity contribution in [3.05, 3.63) is 65.7 Å². The topological polar surface area (TPSA) is 66.0 Å². The van der Waals surface area contributed by atoms with E-state index in [9.17, 15) is 8.78 Å². The summed E-state index contributed by atoms with van der Waals surface area (Å²) in [7, 11) is 0. The molecule has 0 aromatic heterocycles. The number of allylic oxidation sites excluding steroid dienone is 2. The second-order valence-corrected chi connectivity index (χ2v) is 4.94. The standard InChI is InChI=1S/C19H14F2N2O2/c1-2-9-19(20,21)16-12-15(8-7-14(16)13-23)25-18-6-4-3-5-17(18)24-11-10-22/h2-9,12H,11H2,1H3/b9-2+. The van der Waals surface area contributed by atoms with E-state index in [1.165, 1.54) is 25.1 Å². The van der Waals surface area contributed by atoms with E-state index in [1.807, 2.05) is 6.07 Å². The maximum absolute atomic E-state index is 14.2. The van der Waals surface area contributed by atoms with Crippen LogP contribution in [0, 0.1) is 22.7 Å². The zero-order valence-electron chi connectivity index (χ0n) is 13.4. The molecule has 0 saturated carbocycles. The van der Waals surface area contributed by atoms with Crippen LogP contribution in [0.1, 0.15) is 18.1 Å². The molecule has 0 spiro atoms. The average molecular weight is 340 g/mol. The van der Waals surface area contributed by atoms with E-state index in [-0.39, 0.29) is 23.7 Å². The van der Waals surface area contributed by atoms with Crippen molar-refractivity contribution in [1.29, 1.82) is 10.5 Å². The van der Waals surface area contributed by atoms with Gasteiger partial charge in [0.25, 0.3) is 5.92 Å². The number of hydrogen-bond donors (Lipinski definition) is 0. The van der Waals surface area contributed by atoms with Gasteiger partial charge in [-0.1, -0.05) is 18.2 Å². The second kappa shape index (κ2) is 7.94. The normalized spacial score (nSPS) is 10.9. The van der Waals surface area contributed by atoms with Crippen LogP contribution in [0.4, 0.5) is 8.78 Å². The summed E-state index contributed by atoms with van der Waals surface area (Å²) < 4.78 is 39.3. The fourth-order valence-electron chi connectivity index (χ4n) is 2.15. The van der Waals surface area contributed by atoms with E-state index in [1.54, 1.807) is 30.3 Å². The molecule has 0 radical (unpaired) electrons. The Balaban J connectivity index is 2.40. The van der Waals surface area contributed by atoms with E-state index in [0.717, 1.165) is 12.1 Å². The Morgan fingerprint density at radius 3 is 2.48 bits per heavy atom. The highest BCUT2D eigenvalue weighted by molar-refractivity contribution is 5.49. The zero-order valence-corrected chi connectivity index (χ0v) is 13.4. The number of hydrogen-bond acceptors (Lipinski definition) is 4. The van der Waals surface area contributed by atoms with Gasteiger partial charge in [-0.15, -0.1) is 0 Å². The molecule has 6 heteroatoms. The van der Waals surface area contributed by atoms with Gasteiger partial charge < -0.3 is 9.47 Å². The molecular weight excluding hydrogens is 326 g/mol. The summed E-state index contributed by atoms with van der Waals surface area (Å²) in [5.74, 6) is -2.57. The molecule has 0 heterocycles. The Bertz CT molecular complexity index is 864. The molecule has 25 heavy (non-hydrogen) atoms. The molecule has 2 aromatic rings. The lowest BCUT2D eigenvalue weighted by atomic mass is 10.0. The van der Waals surface area contributed by atoms with Crippen LogP contribution in [-0.4, -0.2) is 6.61 Å². The Kier molecular flexibility index (Phi) is 5.71. The van der Waals surface area contributed by atoms with Crippen LogP contribution in [-0.2, 0) is 5.92 Å². The van der Waals surface area contributed by atoms with Gasteiger partial charge in [0, 0.05) is 5.56 Å². The maximum Gasteiger partial charge on any atom is 0.293 e. The van der Waals surface area contributed by atoms with E-state index in [0.29, 0.717) is 5.75 Å². The molecule has 4 nitrogen and oxygen atoms in total. The molecular formula is C19H14F2N2O2. The first-order valence-corrected chi connectivity index (χ1v) is 7.34. The summed E-state index contributed by atoms with van der Waals surface area (Å²) in [5, 5.41) is 17.7. The highest BCUT2D eigenvalue weighted by Gasteiger charge is 2.31. The first-order valence-electron chi connectivity index (χ1n) is 7.34. The SMILES string of the molecule is C/C=C/C(F)(F)c1cc(Oc2ccccc2OCC#N)ccc1C#N. The third-order valence-electron chi connectivity index (χ3n) is 3.22. The molecule has 0 bridgehead atoms. The van der Waals surface area contributed by atoms with Crippen LogP contribution in [0.15, 0.2) is 54.6 Å². The number of benzene rings is 2. The molecule has 0 amide bonds. The van der Waals surface area contributed by atoms with Crippen molar-refractivity contribution in [3.63, 3.8) is 0 Å². The molecule has 0 fully saturated rings. The van der Waals surface area contributed by atoms with Crippen molar-refractivity contribution < 1.29 is 18.3 Å². The summed E-state index contributed by atoms with van der Waals surface area (Å²) in [5.41, 5.74) is -0.578. The van der Waals surface area contributed by atoms with Crippen LogP contribution >= 0.6 is 0 Å². The lowest BCUT2D eigenvalue weighted by Crippen LogP contribution is -2.11. The quantitative estimate of drug-likeness (QED) is 0.700. The molecule has 0 aliphatic carbocycles. The predicted octanol–water partition coefficient (Wildman–Crippen LogP) is 4.92. The molecule has 0 aliphatic heterocycles. The summed E-state index contributed by atoms with van der Waals surface area (Å²) in [6.07, 6.45) is 1.94. The summed E-state index contributed by atoms with van der Waals surface area (Å²) in [4.78, 5) is 0. The first kappa shape index (κ1) is 18.0. The van der Waals surface area contributed by atoms with E-state index in [2.05, 4.69) is 0 Å². The number of alkyl halides is 2. The van der Waals surface area contributed by atoms with Crippen LogP contribution in [0.2, 0.25) is 0 Å². The lowest BCUT2D eigenvalue weighted by Gasteiger charge is -2.16. The molecule has 2 rings (SSSR count). The fourth-order valence-corrected chi connectivity index (χ4v) is 2.15. The monoisotopic (exact) mass is 340 g/mol. The smallest absolute Gasteiger partial charge is 0.293 e. The van der Waals surface area contributed by atoms with Gasteiger partial charge in [-0.25, -0.2) is 0 Å². The maximum atomic E-state index is 14.2. The minimum absolute atomic E-state index is 0.131. The number of ether oxygens (including phenoxy) is 2. The largest absolute Gasteiger partial charge is 0.475 e. The Labute approximate surface area is 144 Å². The zero-order chi connectivity index (χ0) is 18.3. The Morgan fingerprint density at radius 1 is 1.12 bits per heavy atom. The van der Waals surface area contributed by atoms with E-state index >= 15 is 0 Å². The van der Waals surface area contributed by atoms with Gasteiger partial charge in [0.1, 0.15) is 11.8 Å². The average Bonchev–Trinajstić information content (AvgIpc) is 2.61. The molecule has 0 aliphatic rings. The van der Waals surface area contributed by atoms with Crippen molar-refractivity contribution in [2.75, 3.05) is 6.61 Å². The lowest BCUT2D eigenvalue weighted by molar-refractivity contribution is 0.0515. The molecule has 126 valence electrons. The van der Waals surface area contributed by atoms with Gasteiger partial charge in [0.15, 0.2) is 18.1 Å². The predicted molar refractivity (Wildman–Crippen MR) is 87.5 cm³/mol. The van der Waals surface area contributed by atoms with E-state index in [4.69, 9.17) is 20.0 Å². The van der Waals surface area contributed by atoms with Gasteiger partial charge in [-0.05, 0) is 43.3 Å². The van der Waals surface area contributed by atoms with Crippen LogP contribution in [0.5, 0.6) is 17.2 Å². The van der Waals surface area contributed by atoms with Crippen molar-refractivity contribution in [2.24, 2.45) is 0 Å². The van der Waals surface area contributed by atoms with Crippen molar-refractivity contribution in [1.82, 2.24) is 0 Å². The summed E-state index contributed by atoms with van der Waals surface area (Å²) >= 11 is 0. The molecule has 0 atom stereocenters. The van der Waals surface area contributed by atoms with Gasteiger partial charge >= 0.3 is 0 Å². The van der Waals surface area contributed by atoms with Crippen LogP contribution in [0.25, 0.3) is 0 Å². The van der Waals surface area contributed by atoms with Crippen LogP contribution < -0.4 is 9.47 Å². The summed E-state index contributed by atoms with van der Waals surface area (Å²) in [6.45, 7) is 1.31. The summed E-state index contributed by atoms with van der Waals surface area (Å²) in [6, 6.07) is 14.0. The fraction of sp³-hybridized carbons (Fsp3) is 0.158. The highest BCUT2D eigenvalue weighted by Crippen LogP contribution is 2.37. The molecule has 0 saturated heterocycles. The Morgan fingerprint density at radius 2 is 1.84 bits per heavy atom. The van der Waals surface area contributed by atoms with Crippen LogP contribution in [0.3, 0.4) is 0 Å². The molecule has 0 unspecified atom stereocenters.